The molecule has 1 aromatic heterocycles. The maximum Gasteiger partial charge on any atom is 0.512 e. The monoisotopic (exact) mass is 438 g/mol. The first-order chi connectivity index (χ1) is 13.8. The number of carboxylic acid groups (broad SMARTS) is 1. The van der Waals surface area contributed by atoms with Gasteiger partial charge in [0.15, 0.2) is 11.5 Å². The molecule has 1 fully saturated rings. The number of hydrogen-bond donors (Lipinski definition) is 4. The van der Waals surface area contributed by atoms with Crippen LogP contribution in [0.4, 0.5) is 4.79 Å². The number of β-lactam (4-membered cyclic amide) rings is 1. The fourth-order valence-corrected chi connectivity index (χ4v) is 4.95. The number of aromatic nitrogens is 2. The number of thioether (sulfide) groups is 2. The Morgan fingerprint density at radius 1 is 1.38 bits per heavy atom. The number of phenolic OH excluding ortho intramolecular Hbond substituents is 2. The Hall–Kier alpha value is -2.90. The van der Waals surface area contributed by atoms with E-state index < -0.39 is 18.1 Å². The number of hydrogen-bond acceptors (Lipinski definition) is 11. The highest BCUT2D eigenvalue weighted by Gasteiger charge is 2.51. The summed E-state index contributed by atoms with van der Waals surface area (Å²) in [6, 6.07) is 3.42. The lowest BCUT2D eigenvalue weighted by molar-refractivity contribution is -0.144. The molecule has 0 bridgehead atoms. The summed E-state index contributed by atoms with van der Waals surface area (Å²) in [6.07, 6.45) is -1.52. The zero-order valence-electron chi connectivity index (χ0n) is 14.5. The highest BCUT2D eigenvalue weighted by Crippen LogP contribution is 2.41. The number of benzene rings is 1. The Morgan fingerprint density at radius 3 is 2.90 bits per heavy atom. The Morgan fingerprint density at radius 2 is 2.17 bits per heavy atom. The number of amides is 1. The summed E-state index contributed by atoms with van der Waals surface area (Å²) in [6.45, 7) is 0. The molecule has 2 atom stereocenters. The quantitative estimate of drug-likeness (QED) is 0.229. The molecule has 3 heterocycles. The van der Waals surface area contributed by atoms with Crippen LogP contribution in [0, 0.1) is 0 Å². The predicted octanol–water partition coefficient (Wildman–Crippen LogP) is 1.39. The van der Waals surface area contributed by atoms with Gasteiger partial charge in [-0.15, -0.1) is 22.0 Å². The Balaban J connectivity index is 1.51. The molecule has 0 unspecified atom stereocenters. The van der Waals surface area contributed by atoms with Crippen LogP contribution in [0.25, 0.3) is 11.5 Å². The molecule has 29 heavy (non-hydrogen) atoms. The lowest BCUT2D eigenvalue weighted by atomic mass is 10.1. The maximum atomic E-state index is 12.0. The molecule has 4 rings (SSSR count). The number of fused-ring (bicyclic) bond motifs is 1. The number of carbonyl (C=O) groups is 2. The van der Waals surface area contributed by atoms with Gasteiger partial charge in [-0.3, -0.25) is 9.69 Å². The fraction of sp³-hybridized carbons (Fsp3) is 0.250. The second-order valence-electron chi connectivity index (χ2n) is 6.08. The van der Waals surface area contributed by atoms with Crippen LogP contribution in [-0.2, 0) is 9.53 Å². The van der Waals surface area contributed by atoms with E-state index in [2.05, 4.69) is 10.2 Å². The normalized spacial score (nSPS) is 21.0. The number of ether oxygens (including phenoxy) is 1. The van der Waals surface area contributed by atoms with Crippen LogP contribution < -0.4 is 5.73 Å². The van der Waals surface area contributed by atoms with Crippen molar-refractivity contribution >= 4 is 35.6 Å². The lowest BCUT2D eigenvalue weighted by Gasteiger charge is -2.47. The van der Waals surface area contributed by atoms with Crippen LogP contribution in [0.15, 0.2) is 39.3 Å². The Kier molecular flexibility index (Phi) is 5.02. The van der Waals surface area contributed by atoms with Gasteiger partial charge in [-0.05, 0) is 18.2 Å². The topological polar surface area (TPSA) is 172 Å². The third-order valence-corrected chi connectivity index (χ3v) is 6.48. The molecule has 2 aliphatic heterocycles. The maximum absolute atomic E-state index is 12.0. The fourth-order valence-electron chi connectivity index (χ4n) is 2.80. The predicted molar refractivity (Wildman–Crippen MR) is 101 cm³/mol. The second-order valence-corrected chi connectivity index (χ2v) is 8.11. The molecule has 2 aliphatic rings. The first-order valence-corrected chi connectivity index (χ1v) is 10.2. The third kappa shape index (κ3) is 3.59. The smallest absolute Gasteiger partial charge is 0.504 e. The van der Waals surface area contributed by atoms with Crippen LogP contribution in [-0.4, -0.2) is 65.4 Å². The molecule has 0 saturated carbocycles. The van der Waals surface area contributed by atoms with E-state index in [1.165, 1.54) is 34.9 Å². The van der Waals surface area contributed by atoms with Gasteiger partial charge in [0, 0.05) is 22.6 Å². The first-order valence-electron chi connectivity index (χ1n) is 8.17. The van der Waals surface area contributed by atoms with E-state index in [4.69, 9.17) is 20.0 Å². The average Bonchev–Trinajstić information content (AvgIpc) is 3.16. The van der Waals surface area contributed by atoms with Gasteiger partial charge in [0.2, 0.25) is 17.7 Å². The summed E-state index contributed by atoms with van der Waals surface area (Å²) in [7, 11) is 0. The molecule has 0 spiro atoms. The molecule has 1 aromatic carbocycles. The van der Waals surface area contributed by atoms with Gasteiger partial charge in [-0.25, -0.2) is 4.79 Å². The minimum atomic E-state index is -1.52. The molecule has 152 valence electrons. The summed E-state index contributed by atoms with van der Waals surface area (Å²) in [4.78, 5) is 24.3. The summed E-state index contributed by atoms with van der Waals surface area (Å²) in [5.41, 5.74) is 6.75. The van der Waals surface area contributed by atoms with E-state index >= 15 is 0 Å². The van der Waals surface area contributed by atoms with E-state index in [1.54, 1.807) is 0 Å². The molecule has 13 heteroatoms. The zero-order chi connectivity index (χ0) is 20.7. The minimum absolute atomic E-state index is 0.0244. The van der Waals surface area contributed by atoms with E-state index in [9.17, 15) is 19.8 Å². The van der Waals surface area contributed by atoms with Crippen molar-refractivity contribution in [3.05, 3.63) is 29.7 Å². The van der Waals surface area contributed by atoms with Crippen molar-refractivity contribution in [2.45, 2.75) is 16.6 Å². The van der Waals surface area contributed by atoms with Crippen LogP contribution in [0.2, 0.25) is 0 Å². The molecular formula is C16H14N4O7S2. The second kappa shape index (κ2) is 7.50. The van der Waals surface area contributed by atoms with Gasteiger partial charge in [0.05, 0.1) is 0 Å². The van der Waals surface area contributed by atoms with Gasteiger partial charge in [-0.1, -0.05) is 11.8 Å². The number of rotatable bonds is 5. The highest BCUT2D eigenvalue weighted by molar-refractivity contribution is 8.01. The SMILES string of the molecule is N[C@@H]1C(=O)N2C(OC(=O)O)=C(CSc3nnc(-c4ccc(O)c(O)c4)o3)CS[C@H]12. The van der Waals surface area contributed by atoms with Crippen molar-refractivity contribution in [2.24, 2.45) is 5.73 Å². The van der Waals surface area contributed by atoms with E-state index in [0.717, 1.165) is 11.8 Å². The summed E-state index contributed by atoms with van der Waals surface area (Å²) >= 11 is 2.57. The number of nitrogens with two attached hydrogens (primary N) is 1. The van der Waals surface area contributed by atoms with Gasteiger partial charge in [-0.2, -0.15) is 0 Å². The van der Waals surface area contributed by atoms with Gasteiger partial charge < -0.3 is 30.2 Å². The average molecular weight is 438 g/mol. The van der Waals surface area contributed by atoms with Gasteiger partial charge >= 0.3 is 6.16 Å². The number of nitrogens with zero attached hydrogens (tertiary/aromatic N) is 3. The number of aromatic hydroxyl groups is 2. The third-order valence-electron chi connectivity index (χ3n) is 4.22. The zero-order valence-corrected chi connectivity index (χ0v) is 16.1. The molecule has 0 aliphatic carbocycles. The Labute approximate surface area is 171 Å². The van der Waals surface area contributed by atoms with Gasteiger partial charge in [0.1, 0.15) is 11.4 Å². The minimum Gasteiger partial charge on any atom is -0.504 e. The first kappa shape index (κ1) is 19.4. The molecule has 1 amide bonds. The van der Waals surface area contributed by atoms with Crippen LogP contribution in [0.5, 0.6) is 11.5 Å². The highest BCUT2D eigenvalue weighted by atomic mass is 32.2. The van der Waals surface area contributed by atoms with Crippen molar-refractivity contribution in [2.75, 3.05) is 11.5 Å². The van der Waals surface area contributed by atoms with Crippen LogP contribution in [0.3, 0.4) is 0 Å². The molecular weight excluding hydrogens is 424 g/mol. The van der Waals surface area contributed by atoms with Crippen molar-refractivity contribution in [3.8, 4) is 23.0 Å². The van der Waals surface area contributed by atoms with Crippen molar-refractivity contribution < 1.29 is 34.1 Å². The van der Waals surface area contributed by atoms with E-state index in [1.807, 2.05) is 0 Å². The van der Waals surface area contributed by atoms with Crippen molar-refractivity contribution in [1.82, 2.24) is 15.1 Å². The number of carbonyl (C=O) groups excluding carboxylic acids is 1. The van der Waals surface area contributed by atoms with E-state index in [0.29, 0.717) is 16.9 Å². The van der Waals surface area contributed by atoms with Crippen LogP contribution in [0.1, 0.15) is 0 Å². The van der Waals surface area contributed by atoms with Crippen molar-refractivity contribution in [1.29, 1.82) is 0 Å². The van der Waals surface area contributed by atoms with Crippen LogP contribution >= 0.6 is 23.5 Å². The molecule has 2 aromatic rings. The largest absolute Gasteiger partial charge is 0.512 e. The van der Waals surface area contributed by atoms with Crippen molar-refractivity contribution in [3.63, 3.8) is 0 Å². The van der Waals surface area contributed by atoms with E-state index in [-0.39, 0.29) is 39.6 Å². The summed E-state index contributed by atoms with van der Waals surface area (Å²) in [5, 5.41) is 35.6. The Bertz CT molecular complexity index is 1020. The molecule has 1 saturated heterocycles. The molecule has 5 N–H and O–H groups in total. The van der Waals surface area contributed by atoms with Gasteiger partial charge in [0.25, 0.3) is 5.22 Å². The lowest BCUT2D eigenvalue weighted by Crippen LogP contribution is -2.68. The molecule has 0 radical (unpaired) electrons. The number of phenols is 2. The standard InChI is InChI=1S/C16H14N4O7S2/c17-10-12(23)20-13(27-16(24)25)7(4-28-14(10)20)5-29-15-19-18-11(26-15)6-1-2-8(21)9(22)3-6/h1-3,10,14,21-22H,4-5,17H2,(H,24,25)/t10-,14-/m1/s1. The molecule has 11 nitrogen and oxygen atoms in total. The summed E-state index contributed by atoms with van der Waals surface area (Å²) in [5.74, 6) is -0.178. The summed E-state index contributed by atoms with van der Waals surface area (Å²) < 4.78 is 10.4.